The van der Waals surface area contributed by atoms with Crippen molar-refractivity contribution in [3.63, 3.8) is 0 Å². The van der Waals surface area contributed by atoms with E-state index in [1.54, 1.807) is 0 Å². The summed E-state index contributed by atoms with van der Waals surface area (Å²) in [5, 5.41) is 9.01. The monoisotopic (exact) mass is 266 g/mol. The number of rotatable bonds is 5. The van der Waals surface area contributed by atoms with E-state index in [0.29, 0.717) is 5.92 Å². The lowest BCUT2D eigenvalue weighted by atomic mass is 10.0. The minimum absolute atomic E-state index is 0.0985. The second kappa shape index (κ2) is 7.06. The molecule has 0 aliphatic heterocycles. The molecule has 1 heteroatoms. The zero-order valence-corrected chi connectivity index (χ0v) is 12.2. The van der Waals surface area contributed by atoms with Crippen LogP contribution in [0.1, 0.15) is 36.1 Å². The third-order valence-corrected chi connectivity index (χ3v) is 3.25. The van der Waals surface area contributed by atoms with Crippen molar-refractivity contribution >= 4 is 12.2 Å². The summed E-state index contributed by atoms with van der Waals surface area (Å²) in [5.41, 5.74) is 4.70. The smallest absolute Gasteiger partial charge is 0.0681 e. The first-order valence-electron chi connectivity index (χ1n) is 7.14. The lowest BCUT2D eigenvalue weighted by molar-refractivity contribution is 0.282. The van der Waals surface area contributed by atoms with Crippen molar-refractivity contribution < 1.29 is 5.11 Å². The van der Waals surface area contributed by atoms with Crippen LogP contribution in [-0.4, -0.2) is 5.11 Å². The van der Waals surface area contributed by atoms with E-state index >= 15 is 0 Å². The first kappa shape index (κ1) is 14.5. The van der Waals surface area contributed by atoms with E-state index in [0.717, 1.165) is 17.5 Å². The minimum atomic E-state index is 0.0985. The first-order chi connectivity index (χ1) is 9.67. The summed E-state index contributed by atoms with van der Waals surface area (Å²) >= 11 is 0. The van der Waals surface area contributed by atoms with Gasteiger partial charge in [0.25, 0.3) is 0 Å². The van der Waals surface area contributed by atoms with Gasteiger partial charge in [0.05, 0.1) is 6.61 Å². The Bertz CT molecular complexity index is 547. The Morgan fingerprint density at radius 3 is 1.65 bits per heavy atom. The van der Waals surface area contributed by atoms with E-state index in [1.165, 1.54) is 11.1 Å². The lowest BCUT2D eigenvalue weighted by Crippen LogP contribution is -1.93. The quantitative estimate of drug-likeness (QED) is 0.787. The van der Waals surface area contributed by atoms with Gasteiger partial charge < -0.3 is 5.11 Å². The SMILES string of the molecule is CC(C)Cc1ccc(C=Cc2ccc(CO)cc2)cc1. The maximum absolute atomic E-state index is 9.01. The Morgan fingerprint density at radius 1 is 0.800 bits per heavy atom. The molecule has 104 valence electrons. The number of hydrogen-bond acceptors (Lipinski definition) is 1. The van der Waals surface area contributed by atoms with Gasteiger partial charge in [-0.15, -0.1) is 0 Å². The van der Waals surface area contributed by atoms with Crippen LogP contribution >= 0.6 is 0 Å². The van der Waals surface area contributed by atoms with Gasteiger partial charge in [0.1, 0.15) is 0 Å². The van der Waals surface area contributed by atoms with Crippen LogP contribution in [0.25, 0.3) is 12.2 Å². The maximum Gasteiger partial charge on any atom is 0.0681 e. The van der Waals surface area contributed by atoms with Gasteiger partial charge in [0, 0.05) is 0 Å². The maximum atomic E-state index is 9.01. The van der Waals surface area contributed by atoms with Crippen molar-refractivity contribution in [2.24, 2.45) is 5.92 Å². The minimum Gasteiger partial charge on any atom is -0.392 e. The van der Waals surface area contributed by atoms with Crippen molar-refractivity contribution in [3.8, 4) is 0 Å². The Morgan fingerprint density at radius 2 is 1.25 bits per heavy atom. The van der Waals surface area contributed by atoms with Gasteiger partial charge >= 0.3 is 0 Å². The predicted octanol–water partition coefficient (Wildman–Crippen LogP) is 4.55. The Hall–Kier alpha value is -1.86. The van der Waals surface area contributed by atoms with Gasteiger partial charge in [-0.05, 0) is 34.6 Å². The van der Waals surface area contributed by atoms with Crippen LogP contribution in [0.15, 0.2) is 48.5 Å². The molecule has 1 N–H and O–H groups in total. The molecular formula is C19H22O. The fourth-order valence-electron chi connectivity index (χ4n) is 2.16. The topological polar surface area (TPSA) is 20.2 Å². The van der Waals surface area contributed by atoms with Gasteiger partial charge in [-0.25, -0.2) is 0 Å². The molecule has 0 saturated carbocycles. The molecule has 0 spiro atoms. The average Bonchev–Trinajstić information content (AvgIpc) is 2.46. The molecule has 2 rings (SSSR count). The predicted molar refractivity (Wildman–Crippen MR) is 86.3 cm³/mol. The Balaban J connectivity index is 2.03. The molecule has 20 heavy (non-hydrogen) atoms. The van der Waals surface area contributed by atoms with E-state index in [1.807, 2.05) is 24.3 Å². The second-order valence-corrected chi connectivity index (χ2v) is 5.57. The summed E-state index contributed by atoms with van der Waals surface area (Å²) in [7, 11) is 0. The van der Waals surface area contributed by atoms with Crippen LogP contribution in [0.4, 0.5) is 0 Å². The molecule has 2 aromatic rings. The molecule has 0 heterocycles. The standard InChI is InChI=1S/C19H22O/c1-15(2)13-18-9-5-16(6-10-18)3-4-17-7-11-19(14-20)12-8-17/h3-12,15,20H,13-14H2,1-2H3. The highest BCUT2D eigenvalue weighted by Gasteiger charge is 1.97. The summed E-state index contributed by atoms with van der Waals surface area (Å²) < 4.78 is 0. The second-order valence-electron chi connectivity index (χ2n) is 5.57. The summed E-state index contributed by atoms with van der Waals surface area (Å²) in [5.74, 6) is 0.696. The van der Waals surface area contributed by atoms with Crippen LogP contribution in [0.5, 0.6) is 0 Å². The van der Waals surface area contributed by atoms with E-state index in [-0.39, 0.29) is 6.61 Å². The molecule has 0 aliphatic rings. The Kier molecular flexibility index (Phi) is 5.14. The molecule has 0 radical (unpaired) electrons. The van der Waals surface area contributed by atoms with Crippen LogP contribution in [0.3, 0.4) is 0 Å². The van der Waals surface area contributed by atoms with E-state index in [9.17, 15) is 0 Å². The third-order valence-electron chi connectivity index (χ3n) is 3.25. The van der Waals surface area contributed by atoms with Crippen LogP contribution in [0, 0.1) is 5.92 Å². The van der Waals surface area contributed by atoms with E-state index in [4.69, 9.17) is 5.11 Å². The highest BCUT2D eigenvalue weighted by atomic mass is 16.3. The van der Waals surface area contributed by atoms with Crippen molar-refractivity contribution in [1.82, 2.24) is 0 Å². The molecule has 0 aliphatic carbocycles. The average molecular weight is 266 g/mol. The van der Waals surface area contributed by atoms with Crippen molar-refractivity contribution in [3.05, 3.63) is 70.8 Å². The summed E-state index contributed by atoms with van der Waals surface area (Å²) in [6.45, 7) is 4.58. The van der Waals surface area contributed by atoms with Gasteiger partial charge in [0.15, 0.2) is 0 Å². The fourth-order valence-corrected chi connectivity index (χ4v) is 2.16. The van der Waals surface area contributed by atoms with Gasteiger partial charge in [0.2, 0.25) is 0 Å². The molecule has 1 nitrogen and oxygen atoms in total. The van der Waals surface area contributed by atoms with Gasteiger partial charge in [-0.1, -0.05) is 74.5 Å². The molecule has 0 saturated heterocycles. The molecule has 0 aromatic heterocycles. The van der Waals surface area contributed by atoms with Crippen molar-refractivity contribution in [2.45, 2.75) is 26.9 Å². The highest BCUT2D eigenvalue weighted by Crippen LogP contribution is 2.13. The lowest BCUT2D eigenvalue weighted by Gasteiger charge is -2.04. The number of hydrogen-bond donors (Lipinski definition) is 1. The Labute approximate surface area is 121 Å². The summed E-state index contributed by atoms with van der Waals surface area (Å²) in [4.78, 5) is 0. The first-order valence-corrected chi connectivity index (χ1v) is 7.14. The molecule has 0 atom stereocenters. The van der Waals surface area contributed by atoms with Gasteiger partial charge in [-0.2, -0.15) is 0 Å². The number of aliphatic hydroxyl groups is 1. The van der Waals surface area contributed by atoms with Crippen LogP contribution in [0.2, 0.25) is 0 Å². The summed E-state index contributed by atoms with van der Waals surface area (Å²) in [6, 6.07) is 16.7. The van der Waals surface area contributed by atoms with Crippen LogP contribution < -0.4 is 0 Å². The highest BCUT2D eigenvalue weighted by molar-refractivity contribution is 5.69. The molecule has 0 bridgehead atoms. The molecule has 0 fully saturated rings. The fraction of sp³-hybridized carbons (Fsp3) is 0.263. The largest absolute Gasteiger partial charge is 0.392 e. The summed E-state index contributed by atoms with van der Waals surface area (Å²) in [6.07, 6.45) is 5.35. The number of aliphatic hydroxyl groups excluding tert-OH is 1. The van der Waals surface area contributed by atoms with Crippen molar-refractivity contribution in [2.75, 3.05) is 0 Å². The van der Waals surface area contributed by atoms with E-state index < -0.39 is 0 Å². The molecule has 0 unspecified atom stereocenters. The molecule has 0 amide bonds. The zero-order chi connectivity index (χ0) is 14.4. The third kappa shape index (κ3) is 4.36. The van der Waals surface area contributed by atoms with Crippen molar-refractivity contribution in [1.29, 1.82) is 0 Å². The molecular weight excluding hydrogens is 244 g/mol. The van der Waals surface area contributed by atoms with Crippen LogP contribution in [-0.2, 0) is 13.0 Å². The zero-order valence-electron chi connectivity index (χ0n) is 12.2. The molecule has 2 aromatic carbocycles. The number of benzene rings is 2. The van der Waals surface area contributed by atoms with Gasteiger partial charge in [-0.3, -0.25) is 0 Å². The normalized spacial score (nSPS) is 11.4. The van der Waals surface area contributed by atoms with E-state index in [2.05, 4.69) is 50.3 Å².